The van der Waals surface area contributed by atoms with Crippen molar-refractivity contribution in [3.63, 3.8) is 0 Å². The van der Waals surface area contributed by atoms with Gasteiger partial charge < -0.3 is 4.74 Å². The highest BCUT2D eigenvalue weighted by atomic mass is 35.5. The van der Waals surface area contributed by atoms with Crippen molar-refractivity contribution >= 4 is 50.9 Å². The molecule has 0 spiro atoms. The molecule has 3 aromatic rings. The van der Waals surface area contributed by atoms with Crippen LogP contribution in [-0.2, 0) is 21.9 Å². The number of esters is 1. The van der Waals surface area contributed by atoms with Crippen LogP contribution >= 0.6 is 34.7 Å². The summed E-state index contributed by atoms with van der Waals surface area (Å²) in [6, 6.07) is 11.5. The smallest absolute Gasteiger partial charge is 0.316 e. The largest absolute Gasteiger partial charge is 0.460 e. The van der Waals surface area contributed by atoms with E-state index in [4.69, 9.17) is 16.3 Å². The van der Waals surface area contributed by atoms with Gasteiger partial charge in [-0.3, -0.25) is 4.79 Å². The summed E-state index contributed by atoms with van der Waals surface area (Å²) in [6.07, 6.45) is 1.60. The van der Waals surface area contributed by atoms with Crippen LogP contribution in [0.2, 0.25) is 5.15 Å². The molecular weight excluding hydrogens is 352 g/mol. The van der Waals surface area contributed by atoms with Gasteiger partial charge in [-0.25, -0.2) is 9.97 Å². The summed E-state index contributed by atoms with van der Waals surface area (Å²) in [5.41, 5.74) is 1.82. The molecule has 7 heteroatoms. The van der Waals surface area contributed by atoms with Gasteiger partial charge in [0.2, 0.25) is 0 Å². The third kappa shape index (κ3) is 4.67. The van der Waals surface area contributed by atoms with Gasteiger partial charge in [0, 0.05) is 17.5 Å². The van der Waals surface area contributed by atoms with E-state index in [-0.39, 0.29) is 12.6 Å². The molecule has 0 atom stereocenters. The molecule has 23 heavy (non-hydrogen) atoms. The maximum Gasteiger partial charge on any atom is 0.316 e. The Bertz CT molecular complexity index is 772. The number of carbonyl (C=O) groups excluding carboxylic acids is 1. The number of nitrogens with zero attached hydrogens (tertiary/aromatic N) is 2. The lowest BCUT2D eigenvalue weighted by molar-refractivity contribution is -0.141. The number of carbonyl (C=O) groups is 1. The van der Waals surface area contributed by atoms with Gasteiger partial charge in [0.15, 0.2) is 0 Å². The zero-order valence-electron chi connectivity index (χ0n) is 12.1. The molecule has 0 aliphatic carbocycles. The Balaban J connectivity index is 1.43. The van der Waals surface area contributed by atoms with E-state index in [1.807, 2.05) is 18.2 Å². The minimum Gasteiger partial charge on any atom is -0.460 e. The molecule has 118 valence electrons. The number of thiazole rings is 1. The highest BCUT2D eigenvalue weighted by molar-refractivity contribution is 7.99. The fraction of sp³-hybridized carbons (Fsp3) is 0.188. The highest BCUT2D eigenvalue weighted by Gasteiger charge is 2.07. The van der Waals surface area contributed by atoms with Crippen LogP contribution in [-0.4, -0.2) is 21.7 Å². The Morgan fingerprint density at radius 1 is 1.26 bits per heavy atom. The Labute approximate surface area is 146 Å². The minimum atomic E-state index is -0.244. The first kappa shape index (κ1) is 16.2. The van der Waals surface area contributed by atoms with Crippen LogP contribution in [0.4, 0.5) is 0 Å². The monoisotopic (exact) mass is 364 g/mol. The van der Waals surface area contributed by atoms with Crippen LogP contribution in [0.1, 0.15) is 10.6 Å². The van der Waals surface area contributed by atoms with Gasteiger partial charge in [0.25, 0.3) is 0 Å². The summed E-state index contributed by atoms with van der Waals surface area (Å²) in [4.78, 5) is 20.2. The molecule has 2 aromatic heterocycles. The van der Waals surface area contributed by atoms with Crippen LogP contribution in [0.3, 0.4) is 0 Å². The Hall–Kier alpha value is -1.63. The van der Waals surface area contributed by atoms with Crippen molar-refractivity contribution in [3.05, 3.63) is 58.3 Å². The van der Waals surface area contributed by atoms with Crippen LogP contribution < -0.4 is 0 Å². The van der Waals surface area contributed by atoms with Crippen LogP contribution in [0.25, 0.3) is 10.2 Å². The van der Waals surface area contributed by atoms with Crippen molar-refractivity contribution in [1.29, 1.82) is 0 Å². The van der Waals surface area contributed by atoms with E-state index >= 15 is 0 Å². The molecule has 0 saturated heterocycles. The predicted octanol–water partition coefficient (Wildman–Crippen LogP) is 4.32. The fourth-order valence-corrected chi connectivity index (χ4v) is 3.85. The maximum absolute atomic E-state index is 11.7. The third-order valence-electron chi connectivity index (χ3n) is 2.97. The van der Waals surface area contributed by atoms with Crippen LogP contribution in [0, 0.1) is 0 Å². The number of fused-ring (bicyclic) bond motifs is 1. The zero-order valence-corrected chi connectivity index (χ0v) is 14.5. The SMILES string of the molecule is O=C(CSCc1nc2ccccc2s1)OCc1ccc(Cl)nc1. The highest BCUT2D eigenvalue weighted by Crippen LogP contribution is 2.24. The first-order valence-corrected chi connectivity index (χ1v) is 9.24. The molecule has 0 N–H and O–H groups in total. The number of benzene rings is 1. The first-order chi connectivity index (χ1) is 11.2. The summed E-state index contributed by atoms with van der Waals surface area (Å²) >= 11 is 8.86. The van der Waals surface area contributed by atoms with Gasteiger partial charge in [0.05, 0.1) is 16.0 Å². The van der Waals surface area contributed by atoms with Crippen molar-refractivity contribution < 1.29 is 9.53 Å². The number of hydrogen-bond acceptors (Lipinski definition) is 6. The summed E-state index contributed by atoms with van der Waals surface area (Å²) in [6.45, 7) is 0.213. The van der Waals surface area contributed by atoms with E-state index in [9.17, 15) is 4.79 Å². The molecule has 4 nitrogen and oxygen atoms in total. The molecule has 0 bridgehead atoms. The van der Waals surface area contributed by atoms with E-state index in [0.29, 0.717) is 16.7 Å². The second-order valence-corrected chi connectivity index (χ2v) is 7.21. The third-order valence-corrected chi connectivity index (χ3v) is 5.33. The van der Waals surface area contributed by atoms with Gasteiger partial charge in [-0.05, 0) is 18.2 Å². The molecule has 3 rings (SSSR count). The minimum absolute atomic E-state index is 0.213. The molecule has 0 radical (unpaired) electrons. The number of pyridine rings is 1. The second kappa shape index (κ2) is 7.77. The number of para-hydroxylation sites is 1. The van der Waals surface area contributed by atoms with Crippen molar-refractivity contribution in [3.8, 4) is 0 Å². The molecular formula is C16H13ClN2O2S2. The lowest BCUT2D eigenvalue weighted by Crippen LogP contribution is -2.07. The van der Waals surface area contributed by atoms with Gasteiger partial charge >= 0.3 is 5.97 Å². The number of rotatable bonds is 6. The summed E-state index contributed by atoms with van der Waals surface area (Å²) in [5.74, 6) is 0.763. The second-order valence-electron chi connectivity index (χ2n) is 4.72. The van der Waals surface area contributed by atoms with Crippen molar-refractivity contribution in [1.82, 2.24) is 9.97 Å². The van der Waals surface area contributed by atoms with Gasteiger partial charge in [0.1, 0.15) is 16.8 Å². The molecule has 0 aliphatic heterocycles. The van der Waals surface area contributed by atoms with E-state index in [2.05, 4.69) is 16.0 Å². The number of aromatic nitrogens is 2. The van der Waals surface area contributed by atoms with Gasteiger partial charge in [-0.1, -0.05) is 29.8 Å². The molecule has 1 aromatic carbocycles. The topological polar surface area (TPSA) is 52.1 Å². The average Bonchev–Trinajstić information content (AvgIpc) is 2.97. The van der Waals surface area contributed by atoms with Crippen molar-refractivity contribution in [2.75, 3.05) is 5.75 Å². The lowest BCUT2D eigenvalue weighted by Gasteiger charge is -2.04. The van der Waals surface area contributed by atoms with Crippen LogP contribution in [0.15, 0.2) is 42.6 Å². The molecule has 2 heterocycles. The summed E-state index contributed by atoms with van der Waals surface area (Å²) in [5, 5.41) is 1.44. The van der Waals surface area contributed by atoms with Gasteiger partial charge in [-0.2, -0.15) is 0 Å². The first-order valence-electron chi connectivity index (χ1n) is 6.89. The average molecular weight is 365 g/mol. The molecule has 0 aliphatic rings. The Kier molecular flexibility index (Phi) is 5.48. The maximum atomic E-state index is 11.7. The van der Waals surface area contributed by atoms with Gasteiger partial charge in [-0.15, -0.1) is 23.1 Å². The lowest BCUT2D eigenvalue weighted by atomic mass is 10.3. The Morgan fingerprint density at radius 3 is 2.91 bits per heavy atom. The molecule has 0 unspecified atom stereocenters. The number of halogens is 1. The number of ether oxygens (including phenoxy) is 1. The predicted molar refractivity (Wildman–Crippen MR) is 94.8 cm³/mol. The number of thioether (sulfide) groups is 1. The fourth-order valence-electron chi connectivity index (χ4n) is 1.90. The normalized spacial score (nSPS) is 10.8. The van der Waals surface area contributed by atoms with E-state index in [0.717, 1.165) is 16.1 Å². The van der Waals surface area contributed by atoms with E-state index < -0.39 is 0 Å². The number of hydrogen-bond donors (Lipinski definition) is 0. The Morgan fingerprint density at radius 2 is 2.13 bits per heavy atom. The van der Waals surface area contributed by atoms with E-state index in [1.165, 1.54) is 16.5 Å². The van der Waals surface area contributed by atoms with Crippen LogP contribution in [0.5, 0.6) is 0 Å². The molecule has 0 fully saturated rings. The standard InChI is InChI=1S/C16H13ClN2O2S2/c17-14-6-5-11(7-18-14)8-21-16(20)10-22-9-15-19-12-3-1-2-4-13(12)23-15/h1-7H,8-10H2. The molecule has 0 amide bonds. The summed E-state index contributed by atoms with van der Waals surface area (Å²) in [7, 11) is 0. The summed E-state index contributed by atoms with van der Waals surface area (Å²) < 4.78 is 6.37. The van der Waals surface area contributed by atoms with Crippen molar-refractivity contribution in [2.24, 2.45) is 0 Å². The molecule has 0 saturated carbocycles. The zero-order chi connectivity index (χ0) is 16.1. The quantitative estimate of drug-likeness (QED) is 0.481. The van der Waals surface area contributed by atoms with Crippen molar-refractivity contribution in [2.45, 2.75) is 12.4 Å². The van der Waals surface area contributed by atoms with E-state index in [1.54, 1.807) is 29.7 Å².